The van der Waals surface area contributed by atoms with E-state index in [1.165, 1.54) is 0 Å². The average molecular weight is 483 g/mol. The highest BCUT2D eigenvalue weighted by molar-refractivity contribution is 7.89. The highest BCUT2D eigenvalue weighted by atomic mass is 32.2. The van der Waals surface area contributed by atoms with E-state index in [1.54, 1.807) is 4.31 Å². The molecule has 0 bridgehead atoms. The zero-order valence-corrected chi connectivity index (χ0v) is 21.3. The van der Waals surface area contributed by atoms with Crippen molar-refractivity contribution in [1.29, 1.82) is 0 Å². The van der Waals surface area contributed by atoms with Gasteiger partial charge in [0.05, 0.1) is 22.3 Å². The van der Waals surface area contributed by atoms with Crippen LogP contribution in [0.4, 0.5) is 0 Å². The summed E-state index contributed by atoms with van der Waals surface area (Å²) in [7, 11) is -3.59. The Hall–Kier alpha value is -2.71. The molecule has 1 aliphatic rings. The molecule has 8 heteroatoms. The predicted octanol–water partition coefficient (Wildman–Crippen LogP) is 3.88. The van der Waals surface area contributed by atoms with Crippen LogP contribution in [0.5, 0.6) is 0 Å². The Labute approximate surface area is 202 Å². The first-order chi connectivity index (χ1) is 16.2. The lowest BCUT2D eigenvalue weighted by molar-refractivity contribution is -0.126. The molecule has 1 saturated heterocycles. The van der Waals surface area contributed by atoms with E-state index in [0.29, 0.717) is 37.4 Å². The summed E-state index contributed by atoms with van der Waals surface area (Å²) >= 11 is 0. The Morgan fingerprint density at radius 3 is 2.38 bits per heavy atom. The van der Waals surface area contributed by atoms with Crippen LogP contribution in [-0.2, 0) is 21.4 Å². The fraction of sp³-hybridized carbons (Fsp3) is 0.462. The van der Waals surface area contributed by atoms with Gasteiger partial charge in [-0.1, -0.05) is 18.2 Å². The van der Waals surface area contributed by atoms with Crippen molar-refractivity contribution in [2.24, 2.45) is 5.92 Å². The maximum Gasteiger partial charge on any atom is 0.243 e. The standard InChI is InChI=1S/C26H34N4O3S/c1-18-16-19(2)21(4)25(20(18)3)34(32,33)30-14-10-22(11-15-30)26(31)27-12-7-13-29-17-28-23-8-5-6-9-24(23)29/h5-6,8-9,16-17,22H,7,10-15H2,1-4H3,(H,27,31). The molecule has 1 amide bonds. The molecule has 2 aromatic carbocycles. The molecular weight excluding hydrogens is 448 g/mol. The first-order valence-electron chi connectivity index (χ1n) is 11.9. The summed E-state index contributed by atoms with van der Waals surface area (Å²) in [6.07, 6.45) is 3.73. The van der Waals surface area contributed by atoms with Gasteiger partial charge in [-0.2, -0.15) is 4.31 Å². The smallest absolute Gasteiger partial charge is 0.243 e. The molecule has 0 saturated carbocycles. The zero-order valence-electron chi connectivity index (χ0n) is 20.5. The number of para-hydroxylation sites is 2. The zero-order chi connectivity index (χ0) is 24.5. The summed E-state index contributed by atoms with van der Waals surface area (Å²) in [5.74, 6) is -0.131. The lowest BCUT2D eigenvalue weighted by atomic mass is 9.97. The number of carbonyl (C=O) groups excluding carboxylic acids is 1. The number of hydrogen-bond donors (Lipinski definition) is 1. The van der Waals surface area contributed by atoms with Crippen LogP contribution in [-0.4, -0.2) is 47.8 Å². The van der Waals surface area contributed by atoms with Gasteiger partial charge in [0.1, 0.15) is 0 Å². The van der Waals surface area contributed by atoms with Gasteiger partial charge in [0, 0.05) is 32.1 Å². The number of nitrogens with one attached hydrogen (secondary N) is 1. The minimum Gasteiger partial charge on any atom is -0.356 e. The number of sulfonamides is 1. The molecule has 1 aliphatic heterocycles. The SMILES string of the molecule is Cc1cc(C)c(C)c(S(=O)(=O)N2CCC(C(=O)NCCCn3cnc4ccccc43)CC2)c1C. The van der Waals surface area contributed by atoms with Crippen LogP contribution in [0, 0.1) is 33.6 Å². The summed E-state index contributed by atoms with van der Waals surface area (Å²) in [5.41, 5.74) is 5.66. The molecule has 7 nitrogen and oxygen atoms in total. The minimum absolute atomic E-state index is 0.0197. The van der Waals surface area contributed by atoms with Gasteiger partial charge in [-0.05, 0) is 81.3 Å². The van der Waals surface area contributed by atoms with Crippen molar-refractivity contribution in [3.63, 3.8) is 0 Å². The van der Waals surface area contributed by atoms with Crippen molar-refractivity contribution in [1.82, 2.24) is 19.2 Å². The van der Waals surface area contributed by atoms with Gasteiger partial charge in [-0.25, -0.2) is 13.4 Å². The number of fused-ring (bicyclic) bond motifs is 1. The van der Waals surface area contributed by atoms with Crippen molar-refractivity contribution in [3.8, 4) is 0 Å². The molecule has 1 aromatic heterocycles. The Morgan fingerprint density at radius 2 is 1.71 bits per heavy atom. The molecule has 2 heterocycles. The number of imidazole rings is 1. The molecule has 34 heavy (non-hydrogen) atoms. The van der Waals surface area contributed by atoms with Crippen LogP contribution in [0.15, 0.2) is 41.6 Å². The molecule has 0 spiro atoms. The number of aromatic nitrogens is 2. The maximum atomic E-state index is 13.4. The number of rotatable bonds is 7. The number of carbonyl (C=O) groups is 1. The molecule has 0 atom stereocenters. The Morgan fingerprint density at radius 1 is 1.06 bits per heavy atom. The van der Waals surface area contributed by atoms with Crippen LogP contribution >= 0.6 is 0 Å². The molecule has 182 valence electrons. The summed E-state index contributed by atoms with van der Waals surface area (Å²) in [5, 5.41) is 3.04. The first kappa shape index (κ1) is 24.4. The van der Waals surface area contributed by atoms with Crippen LogP contribution < -0.4 is 5.32 Å². The summed E-state index contributed by atoms with van der Waals surface area (Å²) in [6, 6.07) is 10.0. The third kappa shape index (κ3) is 4.74. The minimum atomic E-state index is -3.59. The lowest BCUT2D eigenvalue weighted by Gasteiger charge is -2.31. The monoisotopic (exact) mass is 482 g/mol. The topological polar surface area (TPSA) is 84.3 Å². The van der Waals surface area contributed by atoms with Crippen molar-refractivity contribution in [2.45, 2.75) is 58.4 Å². The number of aryl methyl sites for hydroxylation is 3. The molecule has 4 rings (SSSR count). The fourth-order valence-corrected chi connectivity index (χ4v) is 6.89. The fourth-order valence-electron chi connectivity index (χ4n) is 4.85. The van der Waals surface area contributed by atoms with E-state index in [1.807, 2.05) is 64.4 Å². The Balaban J connectivity index is 1.30. The molecule has 1 N–H and O–H groups in total. The van der Waals surface area contributed by atoms with Crippen molar-refractivity contribution >= 4 is 27.0 Å². The highest BCUT2D eigenvalue weighted by Gasteiger charge is 2.34. The van der Waals surface area contributed by atoms with Gasteiger partial charge in [-0.15, -0.1) is 0 Å². The van der Waals surface area contributed by atoms with Crippen molar-refractivity contribution in [2.75, 3.05) is 19.6 Å². The summed E-state index contributed by atoms with van der Waals surface area (Å²) in [4.78, 5) is 17.5. The van der Waals surface area contributed by atoms with E-state index in [0.717, 1.165) is 46.3 Å². The van der Waals surface area contributed by atoms with Gasteiger partial charge in [-0.3, -0.25) is 4.79 Å². The van der Waals surface area contributed by atoms with Gasteiger partial charge in [0.2, 0.25) is 15.9 Å². The van der Waals surface area contributed by atoms with Gasteiger partial charge in [0.25, 0.3) is 0 Å². The summed E-state index contributed by atoms with van der Waals surface area (Å²) < 4.78 is 30.5. The molecule has 3 aromatic rings. The highest BCUT2D eigenvalue weighted by Crippen LogP contribution is 2.31. The number of hydrogen-bond acceptors (Lipinski definition) is 4. The van der Waals surface area contributed by atoms with Crippen molar-refractivity contribution in [3.05, 3.63) is 58.9 Å². The second-order valence-corrected chi connectivity index (χ2v) is 11.2. The average Bonchev–Trinajstić information content (AvgIpc) is 3.23. The van der Waals surface area contributed by atoms with Crippen molar-refractivity contribution < 1.29 is 13.2 Å². The second kappa shape index (κ2) is 9.88. The van der Waals surface area contributed by atoms with Gasteiger partial charge >= 0.3 is 0 Å². The largest absolute Gasteiger partial charge is 0.356 e. The molecule has 0 unspecified atom stereocenters. The second-order valence-electron chi connectivity index (χ2n) is 9.34. The molecule has 0 radical (unpaired) electrons. The van der Waals surface area contributed by atoms with E-state index in [9.17, 15) is 13.2 Å². The van der Waals surface area contributed by atoms with E-state index in [-0.39, 0.29) is 11.8 Å². The van der Waals surface area contributed by atoms with E-state index in [4.69, 9.17) is 0 Å². The van der Waals surface area contributed by atoms with Crippen LogP contribution in [0.3, 0.4) is 0 Å². The van der Waals surface area contributed by atoms with E-state index < -0.39 is 10.0 Å². The van der Waals surface area contributed by atoms with Gasteiger partial charge in [0.15, 0.2) is 0 Å². The molecule has 1 fully saturated rings. The third-order valence-corrected chi connectivity index (χ3v) is 9.30. The summed E-state index contributed by atoms with van der Waals surface area (Å²) in [6.45, 7) is 9.76. The number of amides is 1. The van der Waals surface area contributed by atoms with Gasteiger partial charge < -0.3 is 9.88 Å². The number of benzene rings is 2. The van der Waals surface area contributed by atoms with E-state index >= 15 is 0 Å². The van der Waals surface area contributed by atoms with Crippen LogP contribution in [0.25, 0.3) is 11.0 Å². The Kier molecular flexibility index (Phi) is 7.09. The number of piperidine rings is 1. The maximum absolute atomic E-state index is 13.4. The first-order valence-corrected chi connectivity index (χ1v) is 13.4. The quantitative estimate of drug-likeness (QED) is 0.518. The molecular formula is C26H34N4O3S. The third-order valence-electron chi connectivity index (χ3n) is 7.12. The van der Waals surface area contributed by atoms with Crippen LogP contribution in [0.2, 0.25) is 0 Å². The van der Waals surface area contributed by atoms with Crippen LogP contribution in [0.1, 0.15) is 41.5 Å². The number of nitrogens with zero attached hydrogens (tertiary/aromatic N) is 3. The normalized spacial score (nSPS) is 15.6. The predicted molar refractivity (Wildman–Crippen MR) is 134 cm³/mol. The van der Waals surface area contributed by atoms with E-state index in [2.05, 4.69) is 14.9 Å². The Bertz CT molecular complexity index is 1280. The lowest BCUT2D eigenvalue weighted by Crippen LogP contribution is -2.43. The molecule has 0 aliphatic carbocycles.